The predicted octanol–water partition coefficient (Wildman–Crippen LogP) is 5.04. The van der Waals surface area contributed by atoms with Gasteiger partial charge in [-0.3, -0.25) is 14.5 Å². The first-order chi connectivity index (χ1) is 16.7. The number of hydrogen-bond acceptors (Lipinski definition) is 6. The summed E-state index contributed by atoms with van der Waals surface area (Å²) in [6.07, 6.45) is 1.72. The smallest absolute Gasteiger partial charge is 0.309 e. The van der Waals surface area contributed by atoms with Crippen LogP contribution in [0.5, 0.6) is 0 Å². The second kappa shape index (κ2) is 12.0. The zero-order valence-corrected chi connectivity index (χ0v) is 21.3. The third-order valence-corrected chi connectivity index (χ3v) is 6.61. The summed E-state index contributed by atoms with van der Waals surface area (Å²) < 4.78 is 14.1. The van der Waals surface area contributed by atoms with Crippen molar-refractivity contribution in [2.24, 2.45) is 5.92 Å². The molecule has 1 aliphatic rings. The van der Waals surface area contributed by atoms with Crippen LogP contribution in [0.1, 0.15) is 41.3 Å². The van der Waals surface area contributed by atoms with E-state index in [9.17, 15) is 14.0 Å². The third-order valence-electron chi connectivity index (χ3n) is 5.61. The van der Waals surface area contributed by atoms with Gasteiger partial charge in [0.1, 0.15) is 10.8 Å². The second-order valence-corrected chi connectivity index (χ2v) is 9.77. The number of aromatic nitrogens is 2. The van der Waals surface area contributed by atoms with Gasteiger partial charge in [0.2, 0.25) is 5.13 Å². The Kier molecular flexibility index (Phi) is 9.06. The number of halogens is 1. The average Bonchev–Trinajstić information content (AvgIpc) is 3.27. The molecule has 0 unspecified atom stereocenters. The number of nitrogens with zero attached hydrogens (tertiary/aromatic N) is 4. The van der Waals surface area contributed by atoms with Crippen LogP contribution >= 0.6 is 11.3 Å². The lowest BCUT2D eigenvalue weighted by molar-refractivity contribution is -0.146. The van der Waals surface area contributed by atoms with Crippen LogP contribution in [0, 0.1) is 25.6 Å². The first-order valence-electron chi connectivity index (χ1n) is 11.6. The van der Waals surface area contributed by atoms with Crippen LogP contribution in [0.25, 0.3) is 10.6 Å². The molecule has 1 fully saturated rings. The number of carbonyl (C=O) groups excluding carboxylic acids is 1. The van der Waals surface area contributed by atoms with E-state index in [4.69, 9.17) is 5.11 Å². The lowest BCUT2D eigenvalue weighted by atomic mass is 10.0. The number of amides is 1. The Morgan fingerprint density at radius 1 is 1.14 bits per heavy atom. The van der Waals surface area contributed by atoms with E-state index in [0.717, 1.165) is 47.6 Å². The van der Waals surface area contributed by atoms with Crippen LogP contribution in [-0.2, 0) is 4.79 Å². The molecule has 2 heterocycles. The predicted molar refractivity (Wildman–Crippen MR) is 136 cm³/mol. The molecule has 0 spiro atoms. The maximum atomic E-state index is 14.1. The molecule has 0 bridgehead atoms. The normalized spacial score (nSPS) is 13.5. The van der Waals surface area contributed by atoms with Crippen LogP contribution in [0.4, 0.5) is 9.52 Å². The minimum Gasteiger partial charge on any atom is -0.481 e. The van der Waals surface area contributed by atoms with Crippen molar-refractivity contribution in [2.45, 2.75) is 33.6 Å². The van der Waals surface area contributed by atoms with Crippen molar-refractivity contribution in [3.63, 3.8) is 0 Å². The van der Waals surface area contributed by atoms with Crippen molar-refractivity contribution >= 4 is 28.3 Å². The van der Waals surface area contributed by atoms with Crippen molar-refractivity contribution in [2.75, 3.05) is 31.6 Å². The number of carboxylic acid groups (broad SMARTS) is 1. The van der Waals surface area contributed by atoms with Crippen molar-refractivity contribution in [1.82, 2.24) is 15.1 Å². The molecule has 1 N–H and O–H groups in total. The Balaban J connectivity index is 0.000000363. The zero-order chi connectivity index (χ0) is 25.5. The molecule has 35 heavy (non-hydrogen) atoms. The fourth-order valence-electron chi connectivity index (χ4n) is 3.77. The van der Waals surface area contributed by atoms with Gasteiger partial charge in [-0.05, 0) is 51.6 Å². The van der Waals surface area contributed by atoms with Gasteiger partial charge in [0.05, 0.1) is 11.5 Å². The molecule has 0 atom stereocenters. The number of aliphatic carboxylic acids is 1. The van der Waals surface area contributed by atoms with Crippen molar-refractivity contribution in [3.05, 3.63) is 65.0 Å². The van der Waals surface area contributed by atoms with Crippen molar-refractivity contribution in [3.8, 4) is 10.6 Å². The second-order valence-electron chi connectivity index (χ2n) is 8.81. The largest absolute Gasteiger partial charge is 0.481 e. The maximum absolute atomic E-state index is 14.1. The number of aryl methyl sites for hydroxylation is 2. The van der Waals surface area contributed by atoms with Gasteiger partial charge in [-0.15, -0.1) is 10.2 Å². The molecule has 3 aromatic rings. The Morgan fingerprint density at radius 3 is 2.34 bits per heavy atom. The zero-order valence-electron chi connectivity index (χ0n) is 20.5. The number of carboxylic acids is 1. The minimum atomic E-state index is -0.664. The summed E-state index contributed by atoms with van der Waals surface area (Å²) in [6.45, 7) is 8.03. The van der Waals surface area contributed by atoms with Gasteiger partial charge >= 0.3 is 5.97 Å². The van der Waals surface area contributed by atoms with Gasteiger partial charge in [-0.2, -0.15) is 0 Å². The maximum Gasteiger partial charge on any atom is 0.309 e. The quantitative estimate of drug-likeness (QED) is 0.491. The fourth-order valence-corrected chi connectivity index (χ4v) is 4.63. The van der Waals surface area contributed by atoms with Crippen LogP contribution in [0.15, 0.2) is 42.5 Å². The molecule has 9 heteroatoms. The standard InChI is InChI=1S/C21H22FN3OS.C5H9NO2/c1-4-5-10-25(20(26)17-8-6-7-9-18(17)22)21-24-23-19(27-21)16-12-14(2)11-15(3)13-16;1-6-2-4(3-6)5(7)8/h6-9,11-13H,4-5,10H2,1-3H3;4H,2-3H2,1H3,(H,7,8). The molecule has 1 saturated heterocycles. The van der Waals surface area contributed by atoms with E-state index in [1.54, 1.807) is 12.1 Å². The van der Waals surface area contributed by atoms with E-state index in [2.05, 4.69) is 16.3 Å². The highest BCUT2D eigenvalue weighted by molar-refractivity contribution is 7.18. The number of carbonyl (C=O) groups is 2. The van der Waals surface area contributed by atoms with Crippen LogP contribution < -0.4 is 4.90 Å². The monoisotopic (exact) mass is 498 g/mol. The summed E-state index contributed by atoms with van der Waals surface area (Å²) >= 11 is 1.35. The lowest BCUT2D eigenvalue weighted by Crippen LogP contribution is -2.47. The fraction of sp³-hybridized carbons (Fsp3) is 0.385. The number of likely N-dealkylation sites (tertiary alicyclic amines) is 1. The number of benzene rings is 2. The van der Waals surface area contributed by atoms with Gasteiger partial charge in [-0.25, -0.2) is 4.39 Å². The van der Waals surface area contributed by atoms with E-state index in [1.807, 2.05) is 44.9 Å². The van der Waals surface area contributed by atoms with Gasteiger partial charge < -0.3 is 10.0 Å². The summed E-state index contributed by atoms with van der Waals surface area (Å²) in [7, 11) is 1.92. The lowest BCUT2D eigenvalue weighted by Gasteiger charge is -2.32. The summed E-state index contributed by atoms with van der Waals surface area (Å²) in [5.41, 5.74) is 3.32. The summed E-state index contributed by atoms with van der Waals surface area (Å²) in [4.78, 5) is 26.6. The molecule has 1 aliphatic heterocycles. The topological polar surface area (TPSA) is 86.6 Å². The van der Waals surface area contributed by atoms with Gasteiger partial charge in [0.25, 0.3) is 5.91 Å². The molecule has 0 saturated carbocycles. The molecule has 4 rings (SSSR count). The van der Waals surface area contributed by atoms with Gasteiger partial charge in [0.15, 0.2) is 0 Å². The Hall–Kier alpha value is -3.17. The van der Waals surface area contributed by atoms with E-state index >= 15 is 0 Å². The van der Waals surface area contributed by atoms with Gasteiger partial charge in [-0.1, -0.05) is 54.0 Å². The molecule has 1 amide bonds. The number of unbranched alkanes of at least 4 members (excludes halogenated alkanes) is 1. The highest BCUT2D eigenvalue weighted by Crippen LogP contribution is 2.31. The van der Waals surface area contributed by atoms with E-state index in [1.165, 1.54) is 28.4 Å². The minimum absolute atomic E-state index is 0.0525. The van der Waals surface area contributed by atoms with Crippen LogP contribution in [-0.4, -0.2) is 58.8 Å². The van der Waals surface area contributed by atoms with E-state index in [-0.39, 0.29) is 17.4 Å². The van der Waals surface area contributed by atoms with E-state index in [0.29, 0.717) is 11.7 Å². The molecule has 0 aliphatic carbocycles. The molecule has 2 aromatic carbocycles. The molecular weight excluding hydrogens is 467 g/mol. The summed E-state index contributed by atoms with van der Waals surface area (Å²) in [5.74, 6) is -1.67. The summed E-state index contributed by atoms with van der Waals surface area (Å²) in [5, 5.41) is 18.1. The molecular formula is C26H31FN4O3S. The Morgan fingerprint density at radius 2 is 1.80 bits per heavy atom. The van der Waals surface area contributed by atoms with Crippen molar-refractivity contribution < 1.29 is 19.1 Å². The van der Waals surface area contributed by atoms with Crippen molar-refractivity contribution in [1.29, 1.82) is 0 Å². The first-order valence-corrected chi connectivity index (χ1v) is 12.4. The highest BCUT2D eigenvalue weighted by atomic mass is 32.1. The van der Waals surface area contributed by atoms with Gasteiger partial charge in [0, 0.05) is 25.2 Å². The SMILES string of the molecule is CCCCN(C(=O)c1ccccc1F)c1nnc(-c2cc(C)cc(C)c2)s1.CN1CC(C(=O)O)C1. The van der Waals surface area contributed by atoms with Crippen LogP contribution in [0.3, 0.4) is 0 Å². The molecule has 186 valence electrons. The molecule has 1 aromatic heterocycles. The first kappa shape index (κ1) is 26.4. The average molecular weight is 499 g/mol. The highest BCUT2D eigenvalue weighted by Gasteiger charge is 2.29. The third kappa shape index (κ3) is 6.93. The number of rotatable bonds is 7. The molecule has 7 nitrogen and oxygen atoms in total. The molecule has 0 radical (unpaired) electrons. The Labute approximate surface area is 209 Å². The Bertz CT molecular complexity index is 1160. The number of anilines is 1. The number of hydrogen-bond donors (Lipinski definition) is 1. The van der Waals surface area contributed by atoms with E-state index < -0.39 is 11.8 Å². The summed E-state index contributed by atoms with van der Waals surface area (Å²) in [6, 6.07) is 12.2. The van der Waals surface area contributed by atoms with Crippen LogP contribution in [0.2, 0.25) is 0 Å².